The predicted octanol–water partition coefficient (Wildman–Crippen LogP) is 1.49. The number of carbonyl (C=O) groups excluding carboxylic acids is 1. The van der Waals surface area contributed by atoms with Crippen LogP contribution in [-0.4, -0.2) is 21.4 Å². The summed E-state index contributed by atoms with van der Waals surface area (Å²) in [7, 11) is 1.84. The van der Waals surface area contributed by atoms with E-state index in [-0.39, 0.29) is 5.78 Å². The first-order chi connectivity index (χ1) is 7.56. The first kappa shape index (κ1) is 10.9. The molecule has 1 aliphatic rings. The minimum absolute atomic E-state index is 0.172. The fraction of sp³-hybridized carbons (Fsp3) is 0.500. The van der Waals surface area contributed by atoms with Gasteiger partial charge < -0.3 is 9.67 Å². The fourth-order valence-corrected chi connectivity index (χ4v) is 2.49. The van der Waals surface area contributed by atoms with Crippen LogP contribution in [0.5, 0.6) is 0 Å². The Labute approximate surface area is 93.9 Å². The lowest BCUT2D eigenvalue weighted by Crippen LogP contribution is -2.41. The lowest BCUT2D eigenvalue weighted by Gasteiger charge is -2.33. The van der Waals surface area contributed by atoms with Gasteiger partial charge in [0.15, 0.2) is 0 Å². The number of aliphatic carboxylic acids is 1. The summed E-state index contributed by atoms with van der Waals surface area (Å²) in [6.07, 6.45) is 3.42. The molecule has 2 rings (SSSR count). The van der Waals surface area contributed by atoms with Gasteiger partial charge in [-0.25, -0.2) is 0 Å². The zero-order valence-electron chi connectivity index (χ0n) is 9.27. The van der Waals surface area contributed by atoms with Crippen LogP contribution in [0.4, 0.5) is 0 Å². The van der Waals surface area contributed by atoms with Gasteiger partial charge in [-0.1, -0.05) is 0 Å². The third-order valence-electron chi connectivity index (χ3n) is 3.50. The smallest absolute Gasteiger partial charge is 0.315 e. The van der Waals surface area contributed by atoms with Crippen LogP contribution in [0.3, 0.4) is 0 Å². The summed E-state index contributed by atoms with van der Waals surface area (Å²) in [6.45, 7) is 0. The molecule has 1 aromatic heterocycles. The Bertz CT molecular complexity index is 423. The molecular formula is C12H15NO3. The summed E-state index contributed by atoms with van der Waals surface area (Å²) < 4.78 is 1.84. The third-order valence-corrected chi connectivity index (χ3v) is 3.50. The van der Waals surface area contributed by atoms with Crippen LogP contribution in [0.25, 0.3) is 0 Å². The normalized spacial score (nSPS) is 19.7. The fourth-order valence-electron chi connectivity index (χ4n) is 2.49. The SMILES string of the molecule is Cn1cccc1C1(C(=O)O)CCC(=O)CC1. The van der Waals surface area contributed by atoms with Gasteiger partial charge in [-0.05, 0) is 25.0 Å². The molecule has 16 heavy (non-hydrogen) atoms. The number of hydrogen-bond donors (Lipinski definition) is 1. The topological polar surface area (TPSA) is 59.3 Å². The molecule has 1 N–H and O–H groups in total. The zero-order chi connectivity index (χ0) is 11.8. The molecule has 86 valence electrons. The molecule has 0 atom stereocenters. The second kappa shape index (κ2) is 3.77. The van der Waals surface area contributed by atoms with Crippen LogP contribution in [0, 0.1) is 0 Å². The molecule has 0 radical (unpaired) electrons. The molecule has 1 fully saturated rings. The van der Waals surface area contributed by atoms with E-state index in [0.717, 1.165) is 5.69 Å². The van der Waals surface area contributed by atoms with Gasteiger partial charge in [0, 0.05) is 31.8 Å². The number of carboxylic acids is 1. The molecule has 0 aromatic carbocycles. The van der Waals surface area contributed by atoms with Gasteiger partial charge in [0.1, 0.15) is 11.2 Å². The van der Waals surface area contributed by atoms with Gasteiger partial charge in [0.2, 0.25) is 0 Å². The minimum Gasteiger partial charge on any atom is -0.481 e. The Morgan fingerprint density at radius 1 is 1.44 bits per heavy atom. The van der Waals surface area contributed by atoms with Crippen molar-refractivity contribution in [1.82, 2.24) is 4.57 Å². The second-order valence-corrected chi connectivity index (χ2v) is 4.43. The number of Topliss-reactive ketones (excluding diaryl/α,β-unsaturated/α-hetero) is 1. The molecule has 4 nitrogen and oxygen atoms in total. The van der Waals surface area contributed by atoms with Crippen LogP contribution in [0.1, 0.15) is 31.4 Å². The van der Waals surface area contributed by atoms with Gasteiger partial charge in [0.25, 0.3) is 0 Å². The van der Waals surface area contributed by atoms with E-state index in [9.17, 15) is 14.7 Å². The summed E-state index contributed by atoms with van der Waals surface area (Å²) in [5, 5.41) is 9.45. The van der Waals surface area contributed by atoms with Crippen LogP contribution < -0.4 is 0 Å². The number of rotatable bonds is 2. The summed E-state index contributed by atoms with van der Waals surface area (Å²) in [4.78, 5) is 22.7. The van der Waals surface area contributed by atoms with E-state index in [2.05, 4.69) is 0 Å². The van der Waals surface area contributed by atoms with Crippen molar-refractivity contribution in [3.8, 4) is 0 Å². The van der Waals surface area contributed by atoms with Crippen LogP contribution in [0.2, 0.25) is 0 Å². The van der Waals surface area contributed by atoms with Crippen molar-refractivity contribution < 1.29 is 14.7 Å². The Morgan fingerprint density at radius 2 is 2.06 bits per heavy atom. The number of ketones is 1. The Morgan fingerprint density at radius 3 is 2.50 bits per heavy atom. The monoisotopic (exact) mass is 221 g/mol. The van der Waals surface area contributed by atoms with Crippen LogP contribution >= 0.6 is 0 Å². The van der Waals surface area contributed by atoms with E-state index in [1.54, 1.807) is 0 Å². The Hall–Kier alpha value is -1.58. The lowest BCUT2D eigenvalue weighted by molar-refractivity contribution is -0.146. The van der Waals surface area contributed by atoms with Gasteiger partial charge in [-0.3, -0.25) is 9.59 Å². The number of aryl methyl sites for hydroxylation is 1. The third kappa shape index (κ3) is 1.54. The van der Waals surface area contributed by atoms with E-state index in [4.69, 9.17) is 0 Å². The summed E-state index contributed by atoms with van der Waals surface area (Å²) in [5.41, 5.74) is -0.0703. The molecule has 0 spiro atoms. The highest BCUT2D eigenvalue weighted by molar-refractivity contribution is 5.87. The van der Waals surface area contributed by atoms with E-state index in [1.807, 2.05) is 29.9 Å². The maximum atomic E-state index is 11.5. The number of aromatic nitrogens is 1. The van der Waals surface area contributed by atoms with E-state index in [1.165, 1.54) is 0 Å². The van der Waals surface area contributed by atoms with Gasteiger partial charge in [0.05, 0.1) is 0 Å². The highest BCUT2D eigenvalue weighted by Crippen LogP contribution is 2.38. The van der Waals surface area contributed by atoms with E-state index >= 15 is 0 Å². The molecule has 0 unspecified atom stereocenters. The quantitative estimate of drug-likeness (QED) is 0.823. The molecule has 0 saturated heterocycles. The first-order valence-corrected chi connectivity index (χ1v) is 5.43. The molecule has 1 aromatic rings. The van der Waals surface area contributed by atoms with E-state index < -0.39 is 11.4 Å². The molecule has 0 bridgehead atoms. The number of carbonyl (C=O) groups is 2. The van der Waals surface area contributed by atoms with Crippen molar-refractivity contribution in [1.29, 1.82) is 0 Å². The maximum Gasteiger partial charge on any atom is 0.315 e. The Kier molecular flexibility index (Phi) is 2.58. The van der Waals surface area contributed by atoms with Crippen molar-refractivity contribution in [3.05, 3.63) is 24.0 Å². The molecule has 1 saturated carbocycles. The number of nitrogens with zero attached hydrogens (tertiary/aromatic N) is 1. The predicted molar refractivity (Wildman–Crippen MR) is 58.2 cm³/mol. The highest BCUT2D eigenvalue weighted by Gasteiger charge is 2.44. The summed E-state index contributed by atoms with van der Waals surface area (Å²) in [6, 6.07) is 3.68. The second-order valence-electron chi connectivity index (χ2n) is 4.43. The van der Waals surface area contributed by atoms with Gasteiger partial charge in [-0.15, -0.1) is 0 Å². The summed E-state index contributed by atoms with van der Waals surface area (Å²) in [5.74, 6) is -0.645. The molecule has 4 heteroatoms. The van der Waals surface area contributed by atoms with Gasteiger partial charge in [-0.2, -0.15) is 0 Å². The molecule has 0 amide bonds. The summed E-state index contributed by atoms with van der Waals surface area (Å²) >= 11 is 0. The lowest BCUT2D eigenvalue weighted by atomic mass is 9.71. The van der Waals surface area contributed by atoms with Gasteiger partial charge >= 0.3 is 5.97 Å². The van der Waals surface area contributed by atoms with E-state index in [0.29, 0.717) is 25.7 Å². The highest BCUT2D eigenvalue weighted by atomic mass is 16.4. The largest absolute Gasteiger partial charge is 0.481 e. The van der Waals surface area contributed by atoms with Crippen molar-refractivity contribution in [3.63, 3.8) is 0 Å². The van der Waals surface area contributed by atoms with Crippen LogP contribution in [-0.2, 0) is 22.1 Å². The maximum absolute atomic E-state index is 11.5. The standard InChI is InChI=1S/C12H15NO3/c1-13-8-2-3-10(13)12(11(15)16)6-4-9(14)5-7-12/h2-3,8H,4-7H2,1H3,(H,15,16). The van der Waals surface area contributed by atoms with Crippen molar-refractivity contribution in [2.45, 2.75) is 31.1 Å². The Balaban J connectivity index is 2.41. The average molecular weight is 221 g/mol. The number of hydrogen-bond acceptors (Lipinski definition) is 2. The van der Waals surface area contributed by atoms with Crippen molar-refractivity contribution >= 4 is 11.8 Å². The zero-order valence-corrected chi connectivity index (χ0v) is 9.27. The minimum atomic E-state index is -0.869. The first-order valence-electron chi connectivity index (χ1n) is 5.43. The molecule has 1 aliphatic carbocycles. The molecule has 1 heterocycles. The van der Waals surface area contributed by atoms with Crippen molar-refractivity contribution in [2.75, 3.05) is 0 Å². The molecule has 0 aliphatic heterocycles. The average Bonchev–Trinajstić information content (AvgIpc) is 2.66. The number of carboxylic acid groups (broad SMARTS) is 1. The molecular weight excluding hydrogens is 206 g/mol. The van der Waals surface area contributed by atoms with Crippen LogP contribution in [0.15, 0.2) is 18.3 Å². The van der Waals surface area contributed by atoms with Crippen molar-refractivity contribution in [2.24, 2.45) is 7.05 Å².